The fourth-order valence-electron chi connectivity index (χ4n) is 2.35. The smallest absolute Gasteiger partial charge is 0.264 e. The van der Waals surface area contributed by atoms with Crippen molar-refractivity contribution >= 4 is 49.8 Å². The van der Waals surface area contributed by atoms with Crippen LogP contribution in [0.1, 0.15) is 6.92 Å². The Labute approximate surface area is 149 Å². The molecule has 0 bridgehead atoms. The lowest BCUT2D eigenvalue weighted by Gasteiger charge is -2.11. The quantitative estimate of drug-likeness (QED) is 0.729. The highest BCUT2D eigenvalue weighted by Gasteiger charge is 2.15. The van der Waals surface area contributed by atoms with Crippen LogP contribution in [0.4, 0.5) is 11.4 Å². The van der Waals surface area contributed by atoms with E-state index in [0.29, 0.717) is 10.7 Å². The lowest BCUT2D eigenvalue weighted by Crippen LogP contribution is -2.28. The van der Waals surface area contributed by atoms with Gasteiger partial charge in [-0.1, -0.05) is 11.6 Å². The summed E-state index contributed by atoms with van der Waals surface area (Å²) in [6.45, 7) is 1.15. The van der Waals surface area contributed by atoms with E-state index in [0.717, 1.165) is 23.5 Å². The molecule has 0 saturated carbocycles. The van der Waals surface area contributed by atoms with Crippen molar-refractivity contribution in [3.8, 4) is 0 Å². The van der Waals surface area contributed by atoms with E-state index in [4.69, 9.17) is 11.6 Å². The van der Waals surface area contributed by atoms with Crippen LogP contribution in [0, 0.1) is 0 Å². The third kappa shape index (κ3) is 3.89. The predicted molar refractivity (Wildman–Crippen MR) is 97.5 cm³/mol. The Morgan fingerprint density at radius 1 is 1.08 bits per heavy atom. The van der Waals surface area contributed by atoms with Gasteiger partial charge < -0.3 is 5.32 Å². The number of aromatic nitrogens is 1. The first-order valence-electron chi connectivity index (χ1n) is 7.30. The number of nitrogens with zero attached hydrogens (tertiary/aromatic N) is 1. The van der Waals surface area contributed by atoms with Crippen LogP contribution < -0.4 is 10.0 Å². The Morgan fingerprint density at radius 3 is 2.48 bits per heavy atom. The van der Waals surface area contributed by atoms with Gasteiger partial charge in [-0.15, -0.1) is 0 Å². The van der Waals surface area contributed by atoms with Crippen LogP contribution in [0.25, 0.3) is 10.9 Å². The molecule has 0 spiro atoms. The molecule has 3 rings (SSSR count). The number of carbonyl (C=O) groups is 1. The highest BCUT2D eigenvalue weighted by atomic mass is 35.5. The standard InChI is InChI=1S/C17H14ClN3O3S/c1-11(22)21-25(23,24)14-5-3-13(4-6-14)20-17-8-9-19-16-7-2-12(18)10-15(16)17/h2-10H,1H3,(H,19,20)(H,21,22). The maximum atomic E-state index is 11.9. The molecule has 0 fully saturated rings. The summed E-state index contributed by atoms with van der Waals surface area (Å²) in [5, 5.41) is 4.66. The molecular weight excluding hydrogens is 362 g/mol. The summed E-state index contributed by atoms with van der Waals surface area (Å²) in [4.78, 5) is 15.3. The van der Waals surface area contributed by atoms with E-state index in [2.05, 4.69) is 10.3 Å². The summed E-state index contributed by atoms with van der Waals surface area (Å²) in [6.07, 6.45) is 1.67. The number of hydrogen-bond donors (Lipinski definition) is 2. The van der Waals surface area contributed by atoms with Crippen molar-refractivity contribution in [3.63, 3.8) is 0 Å². The molecular formula is C17H14ClN3O3S. The first-order chi connectivity index (χ1) is 11.8. The van der Waals surface area contributed by atoms with E-state index in [1.165, 1.54) is 12.1 Å². The van der Waals surface area contributed by atoms with Crippen molar-refractivity contribution in [1.82, 2.24) is 9.71 Å². The highest BCUT2D eigenvalue weighted by Crippen LogP contribution is 2.27. The van der Waals surface area contributed by atoms with Crippen molar-refractivity contribution < 1.29 is 13.2 Å². The topological polar surface area (TPSA) is 88.2 Å². The van der Waals surface area contributed by atoms with E-state index in [9.17, 15) is 13.2 Å². The first kappa shape index (κ1) is 17.2. The van der Waals surface area contributed by atoms with Crippen LogP contribution in [-0.4, -0.2) is 19.3 Å². The maximum Gasteiger partial charge on any atom is 0.264 e. The van der Waals surface area contributed by atoms with Crippen LogP contribution in [0.5, 0.6) is 0 Å². The van der Waals surface area contributed by atoms with Gasteiger partial charge in [0.2, 0.25) is 5.91 Å². The number of nitrogens with one attached hydrogen (secondary N) is 2. The molecule has 8 heteroatoms. The molecule has 2 N–H and O–H groups in total. The number of carbonyl (C=O) groups excluding carboxylic acids is 1. The Morgan fingerprint density at radius 2 is 1.80 bits per heavy atom. The summed E-state index contributed by atoms with van der Waals surface area (Å²) in [6, 6.07) is 13.3. The van der Waals surface area contributed by atoms with Gasteiger partial charge in [-0.25, -0.2) is 13.1 Å². The van der Waals surface area contributed by atoms with Gasteiger partial charge in [0.1, 0.15) is 0 Å². The molecule has 0 saturated heterocycles. The minimum absolute atomic E-state index is 0.0101. The number of benzene rings is 2. The summed E-state index contributed by atoms with van der Waals surface area (Å²) in [5.74, 6) is -0.637. The summed E-state index contributed by atoms with van der Waals surface area (Å²) < 4.78 is 25.8. The Hall–Kier alpha value is -2.64. The summed E-state index contributed by atoms with van der Waals surface area (Å²) >= 11 is 6.05. The summed E-state index contributed by atoms with van der Waals surface area (Å²) in [5.41, 5.74) is 2.28. The van der Waals surface area contributed by atoms with E-state index in [1.807, 2.05) is 16.9 Å². The molecule has 0 radical (unpaired) electrons. The minimum atomic E-state index is -3.84. The highest BCUT2D eigenvalue weighted by molar-refractivity contribution is 7.90. The van der Waals surface area contributed by atoms with Crippen molar-refractivity contribution in [3.05, 3.63) is 59.8 Å². The molecule has 3 aromatic rings. The number of amides is 1. The Kier molecular flexibility index (Phi) is 4.61. The third-order valence-electron chi connectivity index (χ3n) is 3.43. The van der Waals surface area contributed by atoms with Gasteiger partial charge >= 0.3 is 0 Å². The fourth-order valence-corrected chi connectivity index (χ4v) is 3.51. The monoisotopic (exact) mass is 375 g/mol. The zero-order valence-electron chi connectivity index (χ0n) is 13.2. The zero-order valence-corrected chi connectivity index (χ0v) is 14.7. The number of hydrogen-bond acceptors (Lipinski definition) is 5. The number of fused-ring (bicyclic) bond motifs is 1. The Bertz CT molecular complexity index is 1050. The van der Waals surface area contributed by atoms with Crippen molar-refractivity contribution in [2.75, 3.05) is 5.32 Å². The average Bonchev–Trinajstić information content (AvgIpc) is 2.55. The largest absolute Gasteiger partial charge is 0.355 e. The van der Waals surface area contributed by atoms with Crippen LogP contribution >= 0.6 is 11.6 Å². The third-order valence-corrected chi connectivity index (χ3v) is 5.11. The van der Waals surface area contributed by atoms with Gasteiger partial charge in [-0.3, -0.25) is 9.78 Å². The van der Waals surface area contributed by atoms with Crippen LogP contribution in [0.15, 0.2) is 59.6 Å². The maximum absolute atomic E-state index is 11.9. The summed E-state index contributed by atoms with van der Waals surface area (Å²) in [7, 11) is -3.84. The molecule has 0 aliphatic heterocycles. The van der Waals surface area contributed by atoms with Gasteiger partial charge in [-0.05, 0) is 48.5 Å². The van der Waals surface area contributed by atoms with Crippen molar-refractivity contribution in [2.45, 2.75) is 11.8 Å². The average molecular weight is 376 g/mol. The molecule has 2 aromatic carbocycles. The normalized spacial score (nSPS) is 11.3. The van der Waals surface area contributed by atoms with Crippen LogP contribution in [0.2, 0.25) is 5.02 Å². The molecule has 6 nitrogen and oxygen atoms in total. The molecule has 128 valence electrons. The van der Waals surface area contributed by atoms with Crippen molar-refractivity contribution in [1.29, 1.82) is 0 Å². The predicted octanol–water partition coefficient (Wildman–Crippen LogP) is 3.46. The minimum Gasteiger partial charge on any atom is -0.355 e. The second kappa shape index (κ2) is 6.70. The van der Waals surface area contributed by atoms with E-state index < -0.39 is 15.9 Å². The molecule has 25 heavy (non-hydrogen) atoms. The number of anilines is 2. The lowest BCUT2D eigenvalue weighted by molar-refractivity contribution is -0.117. The second-order valence-electron chi connectivity index (χ2n) is 5.33. The first-order valence-corrected chi connectivity index (χ1v) is 9.16. The second-order valence-corrected chi connectivity index (χ2v) is 7.45. The Balaban J connectivity index is 1.90. The zero-order chi connectivity index (χ0) is 18.0. The molecule has 0 aliphatic carbocycles. The molecule has 0 atom stereocenters. The van der Waals surface area contributed by atoms with Gasteiger partial charge in [0.05, 0.1) is 10.4 Å². The fraction of sp³-hybridized carbons (Fsp3) is 0.0588. The molecule has 0 aliphatic rings. The lowest BCUT2D eigenvalue weighted by atomic mass is 10.2. The SMILES string of the molecule is CC(=O)NS(=O)(=O)c1ccc(Nc2ccnc3ccc(Cl)cc23)cc1. The van der Waals surface area contributed by atoms with E-state index in [-0.39, 0.29) is 4.90 Å². The number of pyridine rings is 1. The van der Waals surface area contributed by atoms with Gasteiger partial charge in [0.25, 0.3) is 10.0 Å². The van der Waals surface area contributed by atoms with Crippen LogP contribution in [0.3, 0.4) is 0 Å². The van der Waals surface area contributed by atoms with Crippen LogP contribution in [-0.2, 0) is 14.8 Å². The van der Waals surface area contributed by atoms with E-state index in [1.54, 1.807) is 30.5 Å². The number of rotatable bonds is 4. The molecule has 1 amide bonds. The van der Waals surface area contributed by atoms with Gasteiger partial charge in [-0.2, -0.15) is 0 Å². The van der Waals surface area contributed by atoms with E-state index >= 15 is 0 Å². The van der Waals surface area contributed by atoms with Gasteiger partial charge in [0.15, 0.2) is 0 Å². The number of halogens is 1. The molecule has 0 unspecified atom stereocenters. The molecule has 1 aromatic heterocycles. The van der Waals surface area contributed by atoms with Gasteiger partial charge in [0, 0.05) is 34.9 Å². The van der Waals surface area contributed by atoms with Crippen molar-refractivity contribution in [2.24, 2.45) is 0 Å². The number of sulfonamides is 1. The molecule has 1 heterocycles.